The van der Waals surface area contributed by atoms with Crippen LogP contribution in [0.4, 0.5) is 0 Å². The molecule has 256 valence electrons. The van der Waals surface area contributed by atoms with Crippen LogP contribution in [0.3, 0.4) is 0 Å². The number of carboxylic acids is 5. The number of likely N-dealkylation sites (N-methyl/N-ethyl adjacent to an activating group) is 1. The lowest BCUT2D eigenvalue weighted by atomic mass is 10.4. The number of aliphatic carboxylic acids is 5. The molecule has 0 amide bonds. The number of carboxylic acid groups (broad SMARTS) is 5. The number of hydrogen-bond acceptors (Lipinski definition) is 15. The fourth-order valence-corrected chi connectivity index (χ4v) is 3.70. The number of hydrogen-bond donors (Lipinski definition) is 5. The summed E-state index contributed by atoms with van der Waals surface area (Å²) in [4.78, 5) is 96.7. The summed E-state index contributed by atoms with van der Waals surface area (Å²) >= 11 is 0. The molecule has 5 N–H and O–H groups in total. The van der Waals surface area contributed by atoms with Crippen LogP contribution in [0.2, 0.25) is 0 Å². The van der Waals surface area contributed by atoms with Crippen molar-refractivity contribution in [2.75, 3.05) is 112 Å². The van der Waals surface area contributed by atoms with Crippen molar-refractivity contribution < 1.29 is 73.4 Å². The van der Waals surface area contributed by atoms with Gasteiger partial charge in [-0.3, -0.25) is 58.1 Å². The minimum absolute atomic E-state index is 0.0133. The molecule has 0 saturated carbocycles. The molecule has 0 fully saturated rings. The molecule has 45 heavy (non-hydrogen) atoms. The summed E-state index contributed by atoms with van der Waals surface area (Å²) in [5.74, 6) is -7.70. The summed E-state index contributed by atoms with van der Waals surface area (Å²) in [6.07, 6.45) is 0.511. The summed E-state index contributed by atoms with van der Waals surface area (Å²) in [7, 11) is 1.64. The van der Waals surface area contributed by atoms with E-state index in [1.54, 1.807) is 11.9 Å². The van der Waals surface area contributed by atoms with E-state index in [-0.39, 0.29) is 59.0 Å². The number of esters is 2. The van der Waals surface area contributed by atoms with Gasteiger partial charge in [0.15, 0.2) is 0 Å². The molecular formula is C25H41N5O15. The lowest BCUT2D eigenvalue weighted by Crippen LogP contribution is -2.43. The van der Waals surface area contributed by atoms with Gasteiger partial charge >= 0.3 is 41.8 Å². The van der Waals surface area contributed by atoms with E-state index >= 15 is 0 Å². The first kappa shape index (κ1) is 40.8. The third-order valence-corrected chi connectivity index (χ3v) is 5.77. The second kappa shape index (κ2) is 23.2. The second-order valence-electron chi connectivity index (χ2n) is 9.75. The van der Waals surface area contributed by atoms with E-state index in [4.69, 9.17) is 35.0 Å². The topological polar surface area (TPSA) is 272 Å². The van der Waals surface area contributed by atoms with Crippen molar-refractivity contribution in [2.24, 2.45) is 0 Å². The van der Waals surface area contributed by atoms with Crippen molar-refractivity contribution in [3.8, 4) is 0 Å². The summed E-state index contributed by atoms with van der Waals surface area (Å²) in [5.41, 5.74) is 0. The van der Waals surface area contributed by atoms with Crippen molar-refractivity contribution in [3.63, 3.8) is 0 Å². The van der Waals surface area contributed by atoms with Gasteiger partial charge < -0.3 is 39.8 Å². The predicted molar refractivity (Wildman–Crippen MR) is 149 cm³/mol. The van der Waals surface area contributed by atoms with Crippen LogP contribution < -0.4 is 0 Å². The number of rotatable bonds is 28. The van der Waals surface area contributed by atoms with E-state index in [9.17, 15) is 38.4 Å². The van der Waals surface area contributed by atoms with E-state index in [0.29, 0.717) is 6.29 Å². The van der Waals surface area contributed by atoms with Crippen molar-refractivity contribution in [1.29, 1.82) is 0 Å². The van der Waals surface area contributed by atoms with E-state index < -0.39 is 87.6 Å². The Morgan fingerprint density at radius 3 is 1.09 bits per heavy atom. The van der Waals surface area contributed by atoms with Gasteiger partial charge in [-0.05, 0) is 7.05 Å². The Kier molecular flexibility index (Phi) is 21.0. The van der Waals surface area contributed by atoms with Crippen LogP contribution >= 0.6 is 0 Å². The number of nitrogens with zero attached hydrogens (tertiary/aromatic N) is 5. The molecule has 0 spiro atoms. The van der Waals surface area contributed by atoms with Crippen molar-refractivity contribution >= 4 is 48.1 Å². The number of carbonyl (C=O) groups excluding carboxylic acids is 3. The maximum Gasteiger partial charge on any atom is 0.320 e. The van der Waals surface area contributed by atoms with E-state index in [1.165, 1.54) is 14.7 Å². The smallest absolute Gasteiger partial charge is 0.320 e. The van der Waals surface area contributed by atoms with Gasteiger partial charge in [-0.15, -0.1) is 0 Å². The second-order valence-corrected chi connectivity index (χ2v) is 9.75. The first-order chi connectivity index (χ1) is 21.1. The number of ether oxygens (including phenoxy) is 2. The van der Waals surface area contributed by atoms with Crippen molar-refractivity contribution in [2.45, 2.75) is 0 Å². The summed E-state index contributed by atoms with van der Waals surface area (Å²) in [5, 5.41) is 45.0. The molecule has 0 aliphatic rings. The number of aldehydes is 1. The van der Waals surface area contributed by atoms with Crippen LogP contribution in [0.1, 0.15) is 0 Å². The average Bonchev–Trinajstić information content (AvgIpc) is 2.88. The molecule has 0 radical (unpaired) electrons. The minimum atomic E-state index is -1.27. The highest BCUT2D eigenvalue weighted by Crippen LogP contribution is 1.98. The maximum absolute atomic E-state index is 12.2. The molecule has 0 aliphatic carbocycles. The average molecular weight is 652 g/mol. The third-order valence-electron chi connectivity index (χ3n) is 5.77. The van der Waals surface area contributed by atoms with Gasteiger partial charge in [-0.25, -0.2) is 0 Å². The van der Waals surface area contributed by atoms with Gasteiger partial charge in [-0.2, -0.15) is 0 Å². The molecule has 0 rings (SSSR count). The highest BCUT2D eigenvalue weighted by atomic mass is 16.5. The van der Waals surface area contributed by atoms with Crippen LogP contribution in [-0.2, 0) is 47.8 Å². The molecule has 20 heteroatoms. The van der Waals surface area contributed by atoms with Gasteiger partial charge in [0.1, 0.15) is 19.5 Å². The van der Waals surface area contributed by atoms with Crippen molar-refractivity contribution in [1.82, 2.24) is 24.5 Å². The molecule has 20 nitrogen and oxygen atoms in total. The first-order valence-corrected chi connectivity index (χ1v) is 13.5. The molecule has 0 bridgehead atoms. The molecule has 0 unspecified atom stereocenters. The van der Waals surface area contributed by atoms with E-state index in [0.717, 1.165) is 4.90 Å². The molecular weight excluding hydrogens is 610 g/mol. The normalized spacial score (nSPS) is 11.2. The fraction of sp³-hybridized carbons (Fsp3) is 0.680. The quantitative estimate of drug-likeness (QED) is 0.0396. The molecule has 0 aromatic heterocycles. The monoisotopic (exact) mass is 651 g/mol. The lowest BCUT2D eigenvalue weighted by molar-refractivity contribution is -0.148. The molecule has 0 atom stereocenters. The minimum Gasteiger partial charge on any atom is -0.480 e. The number of carbonyl (C=O) groups is 8. The third kappa shape index (κ3) is 23.8. The van der Waals surface area contributed by atoms with Gasteiger partial charge in [-0.1, -0.05) is 0 Å². The lowest BCUT2D eigenvalue weighted by Gasteiger charge is -2.24. The van der Waals surface area contributed by atoms with Crippen LogP contribution in [0, 0.1) is 0 Å². The van der Waals surface area contributed by atoms with E-state index in [2.05, 4.69) is 0 Å². The SMILES string of the molecule is CN(CCOC(=O)CN(CCN(CC=O)CC(=O)O)CC(=O)O)CCOC(=O)CN(CCN(CC(=O)O)CC(=O)O)CC(=O)O. The van der Waals surface area contributed by atoms with Crippen LogP contribution in [-0.4, -0.2) is 210 Å². The zero-order valence-corrected chi connectivity index (χ0v) is 24.9. The molecule has 0 saturated heterocycles. The summed E-state index contributed by atoms with van der Waals surface area (Å²) < 4.78 is 10.2. The van der Waals surface area contributed by atoms with Crippen LogP contribution in [0.25, 0.3) is 0 Å². The molecule has 0 aliphatic heterocycles. The zero-order valence-electron chi connectivity index (χ0n) is 24.9. The van der Waals surface area contributed by atoms with Crippen molar-refractivity contribution in [3.05, 3.63) is 0 Å². The predicted octanol–water partition coefficient (Wildman–Crippen LogP) is -4.17. The standard InChI is InChI=1S/C25H41N5O15/c1-26(7-10-44-24(42)17-29(15-22(38)39)3-2-27(6-9-31)12-19(32)33)8-11-45-25(43)18-30(16-23(40)41)5-4-28(13-20(34)35)14-21(36)37/h9H,2-8,10-18H2,1H3,(H,32,33)(H,34,35)(H,36,37)(H,38,39)(H,40,41). The van der Waals surface area contributed by atoms with Gasteiger partial charge in [0.2, 0.25) is 0 Å². The molecule has 0 aromatic rings. The Morgan fingerprint density at radius 2 is 0.778 bits per heavy atom. The van der Waals surface area contributed by atoms with E-state index in [1.807, 2.05) is 0 Å². The Bertz CT molecular complexity index is 995. The van der Waals surface area contributed by atoms with Crippen LogP contribution in [0.5, 0.6) is 0 Å². The molecule has 0 heterocycles. The Morgan fingerprint density at radius 1 is 0.489 bits per heavy atom. The molecule has 0 aromatic carbocycles. The Hall–Kier alpha value is -4.24. The van der Waals surface area contributed by atoms with Gasteiger partial charge in [0.25, 0.3) is 0 Å². The Labute approximate surface area is 258 Å². The maximum atomic E-state index is 12.2. The van der Waals surface area contributed by atoms with Crippen LogP contribution in [0.15, 0.2) is 0 Å². The summed E-state index contributed by atoms with van der Waals surface area (Å²) in [6, 6.07) is 0. The van der Waals surface area contributed by atoms with Gasteiger partial charge in [0, 0.05) is 39.3 Å². The highest BCUT2D eigenvalue weighted by Gasteiger charge is 2.20. The zero-order chi connectivity index (χ0) is 34.4. The van der Waals surface area contributed by atoms with Gasteiger partial charge in [0.05, 0.1) is 52.4 Å². The first-order valence-electron chi connectivity index (χ1n) is 13.5. The fourth-order valence-electron chi connectivity index (χ4n) is 3.70. The largest absolute Gasteiger partial charge is 0.480 e. The Balaban J connectivity index is 4.61. The highest BCUT2D eigenvalue weighted by molar-refractivity contribution is 5.75. The summed E-state index contributed by atoms with van der Waals surface area (Å²) in [6.45, 7) is -3.73.